The van der Waals surface area contributed by atoms with Gasteiger partial charge in [0, 0.05) is 11.1 Å². The summed E-state index contributed by atoms with van der Waals surface area (Å²) in [6.45, 7) is 3.49. The highest BCUT2D eigenvalue weighted by molar-refractivity contribution is 7.85. The molecular formula is C16H17F5N2OS. The number of rotatable bonds is 5. The number of amidine groups is 1. The van der Waals surface area contributed by atoms with Crippen LogP contribution in [0.2, 0.25) is 0 Å². The number of hydrogen-bond donors (Lipinski definition) is 1. The predicted octanol–water partition coefficient (Wildman–Crippen LogP) is 3.67. The van der Waals surface area contributed by atoms with E-state index < -0.39 is 35.0 Å². The quantitative estimate of drug-likeness (QED) is 0.792. The van der Waals surface area contributed by atoms with Gasteiger partial charge in [-0.15, -0.1) is 0 Å². The highest BCUT2D eigenvalue weighted by Gasteiger charge is 2.31. The first-order valence-corrected chi connectivity index (χ1v) is 8.71. The van der Waals surface area contributed by atoms with E-state index in [1.54, 1.807) is 19.9 Å². The van der Waals surface area contributed by atoms with E-state index in [0.29, 0.717) is 23.1 Å². The summed E-state index contributed by atoms with van der Waals surface area (Å²) < 4.78 is 74.5. The molecule has 1 heterocycles. The second kappa shape index (κ2) is 7.63. The number of alkyl halides is 5. The third-order valence-electron chi connectivity index (χ3n) is 3.67. The summed E-state index contributed by atoms with van der Waals surface area (Å²) in [5.74, 6) is -1.81. The number of benzene rings is 1. The zero-order chi connectivity index (χ0) is 18.8. The van der Waals surface area contributed by atoms with E-state index >= 15 is 0 Å². The third kappa shape index (κ3) is 5.35. The minimum absolute atomic E-state index is 0.0843. The van der Waals surface area contributed by atoms with Gasteiger partial charge in [-0.1, -0.05) is 6.07 Å². The van der Waals surface area contributed by atoms with Gasteiger partial charge in [0.1, 0.15) is 5.75 Å². The van der Waals surface area contributed by atoms with Gasteiger partial charge in [0.25, 0.3) is 6.43 Å². The van der Waals surface area contributed by atoms with Crippen LogP contribution in [0.15, 0.2) is 33.8 Å². The van der Waals surface area contributed by atoms with E-state index in [1.165, 1.54) is 12.3 Å². The Labute approximate surface area is 144 Å². The van der Waals surface area contributed by atoms with E-state index in [0.717, 1.165) is 5.56 Å². The average molecular weight is 380 g/mol. The first-order chi connectivity index (χ1) is 11.6. The maximum absolute atomic E-state index is 12.5. The van der Waals surface area contributed by atoms with Crippen molar-refractivity contribution >= 4 is 16.6 Å². The topological polar surface area (TPSA) is 41.5 Å². The Morgan fingerprint density at radius 2 is 1.92 bits per heavy atom. The summed E-state index contributed by atoms with van der Waals surface area (Å²) in [4.78, 5) is 3.88. The first kappa shape index (κ1) is 19.6. The van der Waals surface area contributed by atoms with Crippen LogP contribution in [-0.4, -0.2) is 34.9 Å². The fourth-order valence-corrected chi connectivity index (χ4v) is 3.62. The van der Waals surface area contributed by atoms with Gasteiger partial charge in [-0.05, 0) is 48.6 Å². The van der Waals surface area contributed by atoms with E-state index in [4.69, 9.17) is 0 Å². The SMILES string of the molecule is Cc1cc(C)c(S(=O)CC(F)(F)F)cc1CC1=CNC(C(F)F)=NC1. The highest BCUT2D eigenvalue weighted by Crippen LogP contribution is 2.25. The molecule has 0 spiro atoms. The van der Waals surface area contributed by atoms with Gasteiger partial charge in [0.2, 0.25) is 0 Å². The summed E-state index contributed by atoms with van der Waals surface area (Å²) in [5.41, 5.74) is 2.76. The number of aryl methyl sites for hydroxylation is 2. The van der Waals surface area contributed by atoms with Crippen molar-refractivity contribution in [1.82, 2.24) is 5.32 Å². The molecule has 1 aliphatic rings. The van der Waals surface area contributed by atoms with Crippen LogP contribution in [0.1, 0.15) is 16.7 Å². The van der Waals surface area contributed by atoms with Crippen LogP contribution in [-0.2, 0) is 17.2 Å². The maximum Gasteiger partial charge on any atom is 0.400 e. The van der Waals surface area contributed by atoms with Crippen LogP contribution < -0.4 is 5.32 Å². The summed E-state index contributed by atoms with van der Waals surface area (Å²) in [6, 6.07) is 3.18. The van der Waals surface area contributed by atoms with Crippen LogP contribution >= 0.6 is 0 Å². The van der Waals surface area contributed by atoms with Crippen LogP contribution in [0.5, 0.6) is 0 Å². The fraction of sp³-hybridized carbons (Fsp3) is 0.438. The first-order valence-electron chi connectivity index (χ1n) is 7.39. The van der Waals surface area contributed by atoms with Crippen molar-refractivity contribution in [3.63, 3.8) is 0 Å². The Morgan fingerprint density at radius 3 is 2.44 bits per heavy atom. The van der Waals surface area contributed by atoms with Crippen LogP contribution in [0, 0.1) is 13.8 Å². The smallest absolute Gasteiger partial charge is 0.346 e. The maximum atomic E-state index is 12.5. The molecule has 0 saturated carbocycles. The van der Waals surface area contributed by atoms with E-state index in [1.807, 2.05) is 0 Å². The van der Waals surface area contributed by atoms with Crippen molar-refractivity contribution in [2.75, 3.05) is 12.3 Å². The standard InChI is InChI=1S/C16H17F5N2OS/c1-9-3-10(2)13(25(24)8-16(19,20)21)5-12(9)4-11-6-22-15(14(17)18)23-7-11/h3,5-6,14H,4,7-8H2,1-2H3,(H,22,23). The lowest BCUT2D eigenvalue weighted by atomic mass is 9.99. The Morgan fingerprint density at radius 1 is 1.24 bits per heavy atom. The van der Waals surface area contributed by atoms with Gasteiger partial charge >= 0.3 is 6.18 Å². The molecule has 1 atom stereocenters. The molecule has 0 aliphatic carbocycles. The number of nitrogens with zero attached hydrogens (tertiary/aromatic N) is 1. The summed E-state index contributed by atoms with van der Waals surface area (Å²) in [7, 11) is -2.19. The molecule has 1 aliphatic heterocycles. The number of halogens is 5. The zero-order valence-corrected chi connectivity index (χ0v) is 14.4. The molecular weight excluding hydrogens is 363 g/mol. The molecule has 1 aromatic rings. The molecule has 1 N–H and O–H groups in total. The molecule has 2 rings (SSSR count). The molecule has 0 bridgehead atoms. The highest BCUT2D eigenvalue weighted by atomic mass is 32.2. The Hall–Kier alpha value is -1.77. The van der Waals surface area contributed by atoms with Crippen molar-refractivity contribution in [3.8, 4) is 0 Å². The van der Waals surface area contributed by atoms with E-state index in [9.17, 15) is 26.2 Å². The van der Waals surface area contributed by atoms with Crippen molar-refractivity contribution in [2.24, 2.45) is 4.99 Å². The summed E-state index contributed by atoms with van der Waals surface area (Å²) in [6.07, 6.45) is -5.44. The average Bonchev–Trinajstić information content (AvgIpc) is 2.48. The van der Waals surface area contributed by atoms with Gasteiger partial charge < -0.3 is 5.32 Å². The number of aliphatic imine (C=N–C) groups is 1. The Balaban J connectivity index is 2.20. The molecule has 0 aromatic heterocycles. The lowest BCUT2D eigenvalue weighted by Crippen LogP contribution is -2.29. The van der Waals surface area contributed by atoms with Gasteiger partial charge in [-0.2, -0.15) is 13.2 Å². The van der Waals surface area contributed by atoms with Crippen LogP contribution in [0.25, 0.3) is 0 Å². The Bertz CT molecular complexity index is 741. The molecule has 0 saturated heterocycles. The van der Waals surface area contributed by atoms with Crippen molar-refractivity contribution in [3.05, 3.63) is 40.6 Å². The minimum Gasteiger partial charge on any atom is -0.346 e. The second-order valence-corrected chi connectivity index (χ2v) is 7.19. The van der Waals surface area contributed by atoms with Gasteiger partial charge in [-0.3, -0.25) is 9.20 Å². The van der Waals surface area contributed by atoms with Gasteiger partial charge in [0.05, 0.1) is 17.3 Å². The van der Waals surface area contributed by atoms with Crippen LogP contribution in [0.4, 0.5) is 22.0 Å². The van der Waals surface area contributed by atoms with Crippen molar-refractivity contribution in [2.45, 2.75) is 37.8 Å². The van der Waals surface area contributed by atoms with Gasteiger partial charge in [0.15, 0.2) is 5.84 Å². The molecule has 1 unspecified atom stereocenters. The van der Waals surface area contributed by atoms with E-state index in [2.05, 4.69) is 10.3 Å². The van der Waals surface area contributed by atoms with Gasteiger partial charge in [-0.25, -0.2) is 8.78 Å². The molecule has 0 radical (unpaired) electrons. The molecule has 3 nitrogen and oxygen atoms in total. The summed E-state index contributed by atoms with van der Waals surface area (Å²) in [5, 5.41) is 2.42. The fourth-order valence-electron chi connectivity index (χ4n) is 2.47. The number of nitrogens with one attached hydrogen (secondary N) is 1. The van der Waals surface area contributed by atoms with E-state index in [-0.39, 0.29) is 11.4 Å². The van der Waals surface area contributed by atoms with Crippen molar-refractivity contribution < 1.29 is 26.2 Å². The monoisotopic (exact) mass is 380 g/mol. The lowest BCUT2D eigenvalue weighted by Gasteiger charge is -2.17. The predicted molar refractivity (Wildman–Crippen MR) is 86.5 cm³/mol. The number of hydrogen-bond acceptors (Lipinski definition) is 3. The molecule has 138 valence electrons. The molecule has 25 heavy (non-hydrogen) atoms. The lowest BCUT2D eigenvalue weighted by molar-refractivity contribution is -0.105. The normalized spacial score (nSPS) is 16.3. The summed E-state index contributed by atoms with van der Waals surface area (Å²) >= 11 is 0. The molecule has 9 heteroatoms. The molecule has 1 aromatic carbocycles. The Kier molecular flexibility index (Phi) is 5.97. The van der Waals surface area contributed by atoms with Crippen LogP contribution in [0.3, 0.4) is 0 Å². The largest absolute Gasteiger partial charge is 0.400 e. The zero-order valence-electron chi connectivity index (χ0n) is 13.6. The minimum atomic E-state index is -4.52. The molecule has 0 fully saturated rings. The second-order valence-electron chi connectivity index (χ2n) is 5.78. The molecule has 0 amide bonds. The third-order valence-corrected chi connectivity index (χ3v) is 5.19. The van der Waals surface area contributed by atoms with Crippen molar-refractivity contribution in [1.29, 1.82) is 0 Å².